The second kappa shape index (κ2) is 5.54. The van der Waals surface area contributed by atoms with E-state index in [1.54, 1.807) is 6.07 Å². The monoisotopic (exact) mass is 320 g/mol. The lowest BCUT2D eigenvalue weighted by Crippen LogP contribution is -2.06. The fraction of sp³-hybridized carbons (Fsp3) is 0.118. The molecule has 22 heavy (non-hydrogen) atoms. The van der Waals surface area contributed by atoms with E-state index in [1.165, 1.54) is 18.2 Å². The highest BCUT2D eigenvalue weighted by Crippen LogP contribution is 2.35. The van der Waals surface area contributed by atoms with Crippen LogP contribution in [-0.4, -0.2) is 11.1 Å². The van der Waals surface area contributed by atoms with Crippen LogP contribution >= 0.6 is 11.6 Å². The predicted octanol–water partition coefficient (Wildman–Crippen LogP) is 4.69. The van der Waals surface area contributed by atoms with E-state index in [4.69, 9.17) is 16.7 Å². The van der Waals surface area contributed by atoms with Gasteiger partial charge in [-0.05, 0) is 47.7 Å². The molecule has 0 bridgehead atoms. The van der Waals surface area contributed by atoms with Crippen LogP contribution in [0.1, 0.15) is 33.5 Å². The van der Waals surface area contributed by atoms with Gasteiger partial charge in [0.25, 0.3) is 0 Å². The number of rotatable bonds is 2. The van der Waals surface area contributed by atoms with E-state index in [0.29, 0.717) is 17.6 Å². The lowest BCUT2D eigenvalue weighted by molar-refractivity contribution is 0.0697. The Morgan fingerprint density at radius 1 is 1.09 bits per heavy atom. The van der Waals surface area contributed by atoms with Crippen LogP contribution in [0.5, 0.6) is 0 Å². The summed E-state index contributed by atoms with van der Waals surface area (Å²) in [5.41, 5.74) is 2.42. The zero-order chi connectivity index (χ0) is 15.9. The van der Waals surface area contributed by atoms with Crippen LogP contribution < -0.4 is 0 Å². The van der Waals surface area contributed by atoms with E-state index in [-0.39, 0.29) is 16.1 Å². The molecule has 2 aromatic carbocycles. The third-order valence-electron chi connectivity index (χ3n) is 3.71. The Balaban J connectivity index is 2.18. The fourth-order valence-corrected chi connectivity index (χ4v) is 2.81. The molecule has 112 valence electrons. The van der Waals surface area contributed by atoms with Crippen molar-refractivity contribution >= 4 is 23.1 Å². The highest BCUT2D eigenvalue weighted by Gasteiger charge is 2.20. The van der Waals surface area contributed by atoms with E-state index < -0.39 is 17.6 Å². The second-order valence-corrected chi connectivity index (χ2v) is 5.49. The highest BCUT2D eigenvalue weighted by molar-refractivity contribution is 6.31. The number of hydrogen-bond donors (Lipinski definition) is 1. The van der Waals surface area contributed by atoms with Gasteiger partial charge in [-0.1, -0.05) is 23.7 Å². The summed E-state index contributed by atoms with van der Waals surface area (Å²) in [6.07, 6.45) is 3.26. The standard InChI is InChI=1S/C17H11ClF2O2/c18-14-7-13(15(19)8-16(14)20)11-3-1-2-9-4-5-10(17(21)22)6-12(9)11/h3-8H,1-2H2,(H,21,22). The third kappa shape index (κ3) is 2.50. The minimum Gasteiger partial charge on any atom is -0.478 e. The molecular weight excluding hydrogens is 310 g/mol. The van der Waals surface area contributed by atoms with Crippen molar-refractivity contribution in [2.24, 2.45) is 0 Å². The van der Waals surface area contributed by atoms with Gasteiger partial charge in [0.2, 0.25) is 0 Å². The SMILES string of the molecule is O=C(O)c1ccc2c(c1)C(c1cc(Cl)c(F)cc1F)=CCC2. The minimum absolute atomic E-state index is 0.125. The molecule has 0 aromatic heterocycles. The first-order chi connectivity index (χ1) is 10.5. The lowest BCUT2D eigenvalue weighted by atomic mass is 9.85. The van der Waals surface area contributed by atoms with Crippen molar-refractivity contribution in [1.82, 2.24) is 0 Å². The average Bonchev–Trinajstić information content (AvgIpc) is 2.50. The topological polar surface area (TPSA) is 37.3 Å². The Kier molecular flexibility index (Phi) is 3.71. The molecule has 1 aliphatic carbocycles. The molecule has 0 heterocycles. The maximum Gasteiger partial charge on any atom is 0.335 e. The van der Waals surface area contributed by atoms with Crippen molar-refractivity contribution in [3.8, 4) is 0 Å². The van der Waals surface area contributed by atoms with E-state index in [2.05, 4.69) is 0 Å². The Labute approximate surface area is 130 Å². The predicted molar refractivity (Wildman–Crippen MR) is 80.2 cm³/mol. The van der Waals surface area contributed by atoms with E-state index in [1.807, 2.05) is 6.08 Å². The first-order valence-electron chi connectivity index (χ1n) is 6.69. The minimum atomic E-state index is -1.05. The molecular formula is C17H11ClF2O2. The van der Waals surface area contributed by atoms with Crippen LogP contribution in [0.15, 0.2) is 36.4 Å². The van der Waals surface area contributed by atoms with Crippen LogP contribution in [0.4, 0.5) is 8.78 Å². The molecule has 0 amide bonds. The van der Waals surface area contributed by atoms with E-state index >= 15 is 0 Å². The van der Waals surface area contributed by atoms with Gasteiger partial charge in [-0.2, -0.15) is 0 Å². The highest BCUT2D eigenvalue weighted by atomic mass is 35.5. The number of carbonyl (C=O) groups is 1. The molecule has 1 aliphatic rings. The molecule has 3 rings (SSSR count). The first-order valence-corrected chi connectivity index (χ1v) is 7.07. The zero-order valence-corrected chi connectivity index (χ0v) is 12.1. The number of aromatic carboxylic acids is 1. The van der Waals surface area contributed by atoms with Crippen LogP contribution in [-0.2, 0) is 6.42 Å². The summed E-state index contributed by atoms with van der Waals surface area (Å²) in [6, 6.07) is 6.75. The number of halogens is 3. The number of hydrogen-bond acceptors (Lipinski definition) is 1. The first kappa shape index (κ1) is 14.7. The molecule has 2 aromatic rings. The molecule has 0 saturated heterocycles. The largest absolute Gasteiger partial charge is 0.478 e. The van der Waals surface area contributed by atoms with Gasteiger partial charge in [0, 0.05) is 11.6 Å². The summed E-state index contributed by atoms with van der Waals surface area (Å²) in [5.74, 6) is -2.59. The van der Waals surface area contributed by atoms with Crippen molar-refractivity contribution in [2.45, 2.75) is 12.8 Å². The molecule has 0 radical (unpaired) electrons. The van der Waals surface area contributed by atoms with Gasteiger partial charge in [-0.25, -0.2) is 13.6 Å². The van der Waals surface area contributed by atoms with Gasteiger partial charge in [0.1, 0.15) is 11.6 Å². The number of carboxylic acid groups (broad SMARTS) is 1. The molecule has 0 saturated carbocycles. The number of aryl methyl sites for hydroxylation is 1. The smallest absolute Gasteiger partial charge is 0.335 e. The summed E-state index contributed by atoms with van der Waals surface area (Å²) in [4.78, 5) is 11.1. The number of fused-ring (bicyclic) bond motifs is 1. The molecule has 5 heteroatoms. The quantitative estimate of drug-likeness (QED) is 0.815. The third-order valence-corrected chi connectivity index (χ3v) is 4.00. The average molecular weight is 321 g/mol. The summed E-state index contributed by atoms with van der Waals surface area (Å²) >= 11 is 5.75. The lowest BCUT2D eigenvalue weighted by Gasteiger charge is -2.19. The van der Waals surface area contributed by atoms with Crippen LogP contribution in [0, 0.1) is 11.6 Å². The van der Waals surface area contributed by atoms with Crippen LogP contribution in [0.2, 0.25) is 5.02 Å². The molecule has 0 unspecified atom stereocenters. The maximum atomic E-state index is 14.1. The summed E-state index contributed by atoms with van der Waals surface area (Å²) < 4.78 is 27.4. The fourth-order valence-electron chi connectivity index (χ4n) is 2.64. The summed E-state index contributed by atoms with van der Waals surface area (Å²) in [6.45, 7) is 0. The van der Waals surface area contributed by atoms with Crippen molar-refractivity contribution in [3.63, 3.8) is 0 Å². The van der Waals surface area contributed by atoms with E-state index in [0.717, 1.165) is 18.1 Å². The number of allylic oxidation sites excluding steroid dienone is 1. The normalized spacial score (nSPS) is 13.5. The number of carboxylic acids is 1. The van der Waals surface area contributed by atoms with Crippen LogP contribution in [0.3, 0.4) is 0 Å². The van der Waals surface area contributed by atoms with Gasteiger partial charge in [-0.3, -0.25) is 0 Å². The molecule has 0 atom stereocenters. The van der Waals surface area contributed by atoms with Crippen molar-refractivity contribution in [1.29, 1.82) is 0 Å². The van der Waals surface area contributed by atoms with E-state index in [9.17, 15) is 13.6 Å². The summed E-state index contributed by atoms with van der Waals surface area (Å²) in [5, 5.41) is 8.95. The molecule has 2 nitrogen and oxygen atoms in total. The Hall–Kier alpha value is -2.20. The molecule has 0 aliphatic heterocycles. The Morgan fingerprint density at radius 2 is 1.86 bits per heavy atom. The maximum absolute atomic E-state index is 14.1. The zero-order valence-electron chi connectivity index (χ0n) is 11.4. The Bertz CT molecular complexity index is 813. The van der Waals surface area contributed by atoms with Gasteiger partial charge in [-0.15, -0.1) is 0 Å². The number of benzene rings is 2. The molecule has 0 fully saturated rings. The van der Waals surface area contributed by atoms with Gasteiger partial charge >= 0.3 is 5.97 Å². The Morgan fingerprint density at radius 3 is 2.59 bits per heavy atom. The molecule has 1 N–H and O–H groups in total. The van der Waals surface area contributed by atoms with Gasteiger partial charge < -0.3 is 5.11 Å². The van der Waals surface area contributed by atoms with Gasteiger partial charge in [0.05, 0.1) is 10.6 Å². The van der Waals surface area contributed by atoms with Crippen molar-refractivity contribution in [2.75, 3.05) is 0 Å². The van der Waals surface area contributed by atoms with Gasteiger partial charge in [0.15, 0.2) is 0 Å². The molecule has 0 spiro atoms. The van der Waals surface area contributed by atoms with Crippen LogP contribution in [0.25, 0.3) is 5.57 Å². The van der Waals surface area contributed by atoms with Crippen molar-refractivity contribution in [3.05, 3.63) is 75.3 Å². The second-order valence-electron chi connectivity index (χ2n) is 5.08. The summed E-state index contributed by atoms with van der Waals surface area (Å²) in [7, 11) is 0. The van der Waals surface area contributed by atoms with Crippen molar-refractivity contribution < 1.29 is 18.7 Å².